The molecule has 1 rings (SSSR count). The van der Waals surface area contributed by atoms with Gasteiger partial charge in [0.25, 0.3) is 0 Å². The Morgan fingerprint density at radius 2 is 2.08 bits per heavy atom. The summed E-state index contributed by atoms with van der Waals surface area (Å²) in [6, 6.07) is 0. The van der Waals surface area contributed by atoms with Crippen LogP contribution >= 0.6 is 0 Å². The Morgan fingerprint density at radius 3 is 2.62 bits per heavy atom. The Morgan fingerprint density at radius 1 is 1.38 bits per heavy atom. The third-order valence-electron chi connectivity index (χ3n) is 2.21. The molecule has 1 heterocycles. The fourth-order valence-corrected chi connectivity index (χ4v) is 1.51. The Labute approximate surface area is 80.6 Å². The van der Waals surface area contributed by atoms with Gasteiger partial charge in [-0.2, -0.15) is 0 Å². The lowest BCUT2D eigenvalue weighted by Crippen LogP contribution is -2.23. The molecule has 0 amide bonds. The maximum Gasteiger partial charge on any atom is 0.0813 e. The number of rotatable bonds is 5. The summed E-state index contributed by atoms with van der Waals surface area (Å²) in [6.45, 7) is 6.50. The molecule has 1 fully saturated rings. The van der Waals surface area contributed by atoms with Crippen LogP contribution in [0.4, 0.5) is 0 Å². The largest absolute Gasteiger partial charge is 0.378 e. The van der Waals surface area contributed by atoms with Crippen LogP contribution in [0.3, 0.4) is 0 Å². The molecule has 0 spiro atoms. The molecule has 3 nitrogen and oxygen atoms in total. The third-order valence-corrected chi connectivity index (χ3v) is 2.21. The summed E-state index contributed by atoms with van der Waals surface area (Å²) in [7, 11) is 0. The molecule has 0 saturated carbocycles. The third kappa shape index (κ3) is 4.07. The molecule has 0 aromatic heterocycles. The van der Waals surface area contributed by atoms with E-state index in [1.165, 1.54) is 0 Å². The minimum atomic E-state index is 0.271. The number of hydrogen-bond acceptors (Lipinski definition) is 3. The van der Waals surface area contributed by atoms with Gasteiger partial charge in [-0.3, -0.25) is 0 Å². The maximum atomic E-state index is 5.64. The lowest BCUT2D eigenvalue weighted by Gasteiger charge is -2.13. The Kier molecular flexibility index (Phi) is 4.70. The van der Waals surface area contributed by atoms with Crippen molar-refractivity contribution in [2.24, 2.45) is 11.7 Å². The lowest BCUT2D eigenvalue weighted by molar-refractivity contribution is -0.0175. The van der Waals surface area contributed by atoms with E-state index >= 15 is 0 Å². The van der Waals surface area contributed by atoms with E-state index in [1.807, 2.05) is 0 Å². The van der Waals surface area contributed by atoms with Crippen LogP contribution in [0.1, 0.15) is 26.7 Å². The Hall–Kier alpha value is -0.120. The van der Waals surface area contributed by atoms with E-state index < -0.39 is 0 Å². The molecule has 0 aromatic rings. The van der Waals surface area contributed by atoms with Crippen LogP contribution in [0, 0.1) is 5.92 Å². The summed E-state index contributed by atoms with van der Waals surface area (Å²) in [6.07, 6.45) is 2.74. The Balaban J connectivity index is 2.03. The van der Waals surface area contributed by atoms with Crippen molar-refractivity contribution in [1.29, 1.82) is 0 Å². The average molecular weight is 187 g/mol. The number of hydrogen-bond donors (Lipinski definition) is 1. The predicted molar refractivity (Wildman–Crippen MR) is 52.6 cm³/mol. The molecule has 0 aliphatic carbocycles. The zero-order valence-corrected chi connectivity index (χ0v) is 8.66. The van der Waals surface area contributed by atoms with Gasteiger partial charge in [-0.05, 0) is 18.8 Å². The summed E-state index contributed by atoms with van der Waals surface area (Å²) in [4.78, 5) is 0. The van der Waals surface area contributed by atoms with Crippen LogP contribution in [-0.2, 0) is 9.47 Å². The fourth-order valence-electron chi connectivity index (χ4n) is 1.51. The van der Waals surface area contributed by atoms with Gasteiger partial charge in [0.05, 0.1) is 18.8 Å². The fraction of sp³-hybridized carbons (Fsp3) is 1.00. The maximum absolute atomic E-state index is 5.64. The van der Waals surface area contributed by atoms with Crippen LogP contribution in [0.25, 0.3) is 0 Å². The second-order valence-electron chi connectivity index (χ2n) is 4.12. The van der Waals surface area contributed by atoms with Gasteiger partial charge in [-0.1, -0.05) is 13.8 Å². The predicted octanol–water partition coefficient (Wildman–Crippen LogP) is 1.17. The van der Waals surface area contributed by atoms with Crippen LogP contribution in [-0.4, -0.2) is 32.0 Å². The standard InChI is InChI=1S/C10H21NO2/c1-8(2)6-12-7-10-4-3-9(5-11)13-10/h8-10H,3-7,11H2,1-2H3. The van der Waals surface area contributed by atoms with Crippen molar-refractivity contribution in [3.8, 4) is 0 Å². The van der Waals surface area contributed by atoms with E-state index in [9.17, 15) is 0 Å². The van der Waals surface area contributed by atoms with Crippen LogP contribution < -0.4 is 5.73 Å². The molecule has 2 N–H and O–H groups in total. The smallest absolute Gasteiger partial charge is 0.0813 e. The molecule has 0 bridgehead atoms. The van der Waals surface area contributed by atoms with Crippen LogP contribution in [0.2, 0.25) is 0 Å². The first kappa shape index (κ1) is 11.0. The molecule has 13 heavy (non-hydrogen) atoms. The Bertz CT molecular complexity index is 139. The zero-order valence-electron chi connectivity index (χ0n) is 8.66. The summed E-state index contributed by atoms with van der Waals surface area (Å²) >= 11 is 0. The molecule has 2 atom stereocenters. The number of nitrogens with two attached hydrogens (primary N) is 1. The normalized spacial score (nSPS) is 28.6. The van der Waals surface area contributed by atoms with Crippen molar-refractivity contribution in [3.63, 3.8) is 0 Å². The first-order chi connectivity index (χ1) is 6.22. The summed E-state index contributed by atoms with van der Waals surface area (Å²) < 4.78 is 11.1. The summed E-state index contributed by atoms with van der Waals surface area (Å²) in [5.41, 5.74) is 5.51. The SMILES string of the molecule is CC(C)COCC1CCC(CN)O1. The van der Waals surface area contributed by atoms with Gasteiger partial charge >= 0.3 is 0 Å². The van der Waals surface area contributed by atoms with Gasteiger partial charge in [0.1, 0.15) is 0 Å². The van der Waals surface area contributed by atoms with E-state index in [0.717, 1.165) is 26.1 Å². The number of ether oxygens (including phenoxy) is 2. The molecule has 0 aromatic carbocycles. The molecule has 3 heteroatoms. The molecule has 1 aliphatic rings. The molecule has 2 unspecified atom stereocenters. The lowest BCUT2D eigenvalue weighted by atomic mass is 10.2. The monoisotopic (exact) mass is 187 g/mol. The second-order valence-corrected chi connectivity index (χ2v) is 4.12. The summed E-state index contributed by atoms with van der Waals surface area (Å²) in [5.74, 6) is 0.603. The van der Waals surface area contributed by atoms with E-state index in [2.05, 4.69) is 13.8 Å². The molecule has 1 aliphatic heterocycles. The van der Waals surface area contributed by atoms with Crippen molar-refractivity contribution in [2.45, 2.75) is 38.9 Å². The van der Waals surface area contributed by atoms with E-state index in [-0.39, 0.29) is 12.2 Å². The molecule has 1 saturated heterocycles. The van der Waals surface area contributed by atoms with E-state index in [0.29, 0.717) is 12.5 Å². The van der Waals surface area contributed by atoms with Gasteiger partial charge in [0.15, 0.2) is 0 Å². The first-order valence-electron chi connectivity index (χ1n) is 5.15. The van der Waals surface area contributed by atoms with Gasteiger partial charge in [-0.25, -0.2) is 0 Å². The van der Waals surface area contributed by atoms with Gasteiger partial charge in [-0.15, -0.1) is 0 Å². The van der Waals surface area contributed by atoms with Crippen LogP contribution in [0.15, 0.2) is 0 Å². The van der Waals surface area contributed by atoms with E-state index in [4.69, 9.17) is 15.2 Å². The van der Waals surface area contributed by atoms with Crippen molar-refractivity contribution < 1.29 is 9.47 Å². The average Bonchev–Trinajstić information content (AvgIpc) is 2.52. The zero-order chi connectivity index (χ0) is 9.68. The highest BCUT2D eigenvalue weighted by molar-refractivity contribution is 4.73. The van der Waals surface area contributed by atoms with Crippen molar-refractivity contribution in [3.05, 3.63) is 0 Å². The van der Waals surface area contributed by atoms with Gasteiger partial charge in [0, 0.05) is 13.2 Å². The first-order valence-corrected chi connectivity index (χ1v) is 5.15. The molecular weight excluding hydrogens is 166 g/mol. The summed E-state index contributed by atoms with van der Waals surface area (Å²) in [5, 5.41) is 0. The topological polar surface area (TPSA) is 44.5 Å². The second kappa shape index (κ2) is 5.58. The molecule has 78 valence electrons. The highest BCUT2D eigenvalue weighted by atomic mass is 16.5. The quantitative estimate of drug-likeness (QED) is 0.702. The van der Waals surface area contributed by atoms with Crippen LogP contribution in [0.5, 0.6) is 0 Å². The minimum Gasteiger partial charge on any atom is -0.378 e. The molecular formula is C10H21NO2. The van der Waals surface area contributed by atoms with Crippen molar-refractivity contribution >= 4 is 0 Å². The van der Waals surface area contributed by atoms with E-state index in [1.54, 1.807) is 0 Å². The van der Waals surface area contributed by atoms with Crippen molar-refractivity contribution in [2.75, 3.05) is 19.8 Å². The molecule has 0 radical (unpaired) electrons. The van der Waals surface area contributed by atoms with Gasteiger partial charge < -0.3 is 15.2 Å². The highest BCUT2D eigenvalue weighted by Crippen LogP contribution is 2.18. The highest BCUT2D eigenvalue weighted by Gasteiger charge is 2.23. The van der Waals surface area contributed by atoms with Gasteiger partial charge in [0.2, 0.25) is 0 Å². The van der Waals surface area contributed by atoms with Crippen molar-refractivity contribution in [1.82, 2.24) is 0 Å². The minimum absolute atomic E-state index is 0.271.